The van der Waals surface area contributed by atoms with Gasteiger partial charge < -0.3 is 9.64 Å². The highest BCUT2D eigenvalue weighted by atomic mass is 35.5. The number of ether oxygens (including phenoxy) is 1. The molecule has 0 spiro atoms. The second-order valence-electron chi connectivity index (χ2n) is 3.75. The molecule has 0 aromatic carbocycles. The minimum Gasteiger partial charge on any atom is -0.385 e. The van der Waals surface area contributed by atoms with Crippen molar-refractivity contribution in [2.45, 2.75) is 32.1 Å². The summed E-state index contributed by atoms with van der Waals surface area (Å²) in [7, 11) is 3.95. The highest BCUT2D eigenvalue weighted by Crippen LogP contribution is 2.00. The molecular formula is C11H24ClNO. The van der Waals surface area contributed by atoms with Crippen molar-refractivity contribution in [2.75, 3.05) is 39.7 Å². The van der Waals surface area contributed by atoms with Crippen LogP contribution in [0.3, 0.4) is 0 Å². The Hall–Kier alpha value is 0.210. The number of alkyl halides is 1. The van der Waals surface area contributed by atoms with Crippen LogP contribution in [0.15, 0.2) is 0 Å². The Morgan fingerprint density at radius 1 is 1.00 bits per heavy atom. The summed E-state index contributed by atoms with van der Waals surface area (Å²) < 4.78 is 5.00. The molecule has 0 aliphatic rings. The molecule has 0 unspecified atom stereocenters. The van der Waals surface area contributed by atoms with Crippen LogP contribution in [0.4, 0.5) is 0 Å². The third kappa shape index (κ3) is 10.3. The quantitative estimate of drug-likeness (QED) is 0.416. The molecule has 0 radical (unpaired) electrons. The smallest absolute Gasteiger partial charge is 0.0462 e. The molecule has 0 amide bonds. The summed E-state index contributed by atoms with van der Waals surface area (Å²) in [5, 5.41) is 0. The van der Waals surface area contributed by atoms with Crippen molar-refractivity contribution in [1.82, 2.24) is 4.90 Å². The second kappa shape index (κ2) is 11.3. The summed E-state index contributed by atoms with van der Waals surface area (Å²) in [5.41, 5.74) is 0. The van der Waals surface area contributed by atoms with Crippen LogP contribution >= 0.6 is 11.6 Å². The van der Waals surface area contributed by atoms with Crippen molar-refractivity contribution in [3.63, 3.8) is 0 Å². The molecule has 0 saturated heterocycles. The lowest BCUT2D eigenvalue weighted by Crippen LogP contribution is -2.21. The minimum absolute atomic E-state index is 0.803. The van der Waals surface area contributed by atoms with Gasteiger partial charge in [0.25, 0.3) is 0 Å². The summed E-state index contributed by atoms with van der Waals surface area (Å²) in [6, 6.07) is 0. The van der Waals surface area contributed by atoms with Crippen molar-refractivity contribution < 1.29 is 4.74 Å². The van der Waals surface area contributed by atoms with E-state index in [4.69, 9.17) is 16.3 Å². The molecule has 0 N–H and O–H groups in total. The van der Waals surface area contributed by atoms with Crippen LogP contribution in [-0.4, -0.2) is 44.6 Å². The van der Waals surface area contributed by atoms with E-state index in [0.29, 0.717) is 0 Å². The first-order valence-corrected chi connectivity index (χ1v) is 6.08. The van der Waals surface area contributed by atoms with E-state index in [1.807, 2.05) is 0 Å². The van der Waals surface area contributed by atoms with E-state index in [2.05, 4.69) is 11.9 Å². The molecular weight excluding hydrogens is 198 g/mol. The number of nitrogens with zero attached hydrogens (tertiary/aromatic N) is 1. The van der Waals surface area contributed by atoms with Gasteiger partial charge in [0, 0.05) is 19.6 Å². The molecule has 0 aromatic rings. The number of unbranched alkanes of at least 4 members (excludes halogenated alkanes) is 3. The molecule has 0 aromatic heterocycles. The third-order valence-corrected chi connectivity index (χ3v) is 2.58. The predicted octanol–water partition coefficient (Wildman–Crippen LogP) is 2.75. The van der Waals surface area contributed by atoms with Gasteiger partial charge in [-0.05, 0) is 45.8 Å². The molecule has 86 valence electrons. The van der Waals surface area contributed by atoms with Crippen LogP contribution in [-0.2, 0) is 4.74 Å². The molecule has 0 aliphatic carbocycles. The highest BCUT2D eigenvalue weighted by molar-refractivity contribution is 6.17. The Morgan fingerprint density at radius 2 is 1.64 bits per heavy atom. The summed E-state index contributed by atoms with van der Waals surface area (Å²) >= 11 is 5.61. The lowest BCUT2D eigenvalue weighted by molar-refractivity contribution is 0.187. The Labute approximate surface area is 93.6 Å². The van der Waals surface area contributed by atoms with E-state index in [-0.39, 0.29) is 0 Å². The molecule has 14 heavy (non-hydrogen) atoms. The predicted molar refractivity (Wildman–Crippen MR) is 63.2 cm³/mol. The maximum atomic E-state index is 5.61. The van der Waals surface area contributed by atoms with Gasteiger partial charge in [-0.1, -0.05) is 6.42 Å². The average Bonchev–Trinajstić information content (AvgIpc) is 2.19. The topological polar surface area (TPSA) is 12.5 Å². The standard InChI is InChI=1S/C11H24ClNO/c1-13(9-5-3-4-8-12)10-6-7-11-14-2/h3-11H2,1-2H3. The summed E-state index contributed by atoms with van der Waals surface area (Å²) in [6.45, 7) is 3.27. The van der Waals surface area contributed by atoms with E-state index in [1.54, 1.807) is 7.11 Å². The van der Waals surface area contributed by atoms with Gasteiger partial charge in [0.2, 0.25) is 0 Å². The van der Waals surface area contributed by atoms with Crippen LogP contribution in [0.2, 0.25) is 0 Å². The van der Waals surface area contributed by atoms with Gasteiger partial charge in [0.05, 0.1) is 0 Å². The zero-order chi connectivity index (χ0) is 10.6. The van der Waals surface area contributed by atoms with Crippen molar-refractivity contribution in [2.24, 2.45) is 0 Å². The number of methoxy groups -OCH3 is 1. The van der Waals surface area contributed by atoms with Gasteiger partial charge in [-0.25, -0.2) is 0 Å². The molecule has 0 aliphatic heterocycles. The lowest BCUT2D eigenvalue weighted by atomic mass is 10.2. The number of rotatable bonds is 10. The Kier molecular flexibility index (Phi) is 11.5. The SMILES string of the molecule is COCCCCN(C)CCCCCCl. The first kappa shape index (κ1) is 14.2. The Morgan fingerprint density at radius 3 is 2.21 bits per heavy atom. The maximum absolute atomic E-state index is 5.61. The van der Waals surface area contributed by atoms with Gasteiger partial charge in [0.15, 0.2) is 0 Å². The van der Waals surface area contributed by atoms with E-state index in [9.17, 15) is 0 Å². The van der Waals surface area contributed by atoms with Gasteiger partial charge >= 0.3 is 0 Å². The maximum Gasteiger partial charge on any atom is 0.0462 e. The molecule has 0 atom stereocenters. The fourth-order valence-electron chi connectivity index (χ4n) is 1.39. The van der Waals surface area contributed by atoms with E-state index < -0.39 is 0 Å². The summed E-state index contributed by atoms with van der Waals surface area (Å²) in [5.74, 6) is 0.803. The van der Waals surface area contributed by atoms with Crippen LogP contribution in [0.5, 0.6) is 0 Å². The fourth-order valence-corrected chi connectivity index (χ4v) is 1.58. The normalized spacial score (nSPS) is 11.1. The van der Waals surface area contributed by atoms with Crippen LogP contribution in [0.25, 0.3) is 0 Å². The van der Waals surface area contributed by atoms with Crippen molar-refractivity contribution >= 4 is 11.6 Å². The van der Waals surface area contributed by atoms with Crippen molar-refractivity contribution in [3.05, 3.63) is 0 Å². The molecule has 0 rings (SSSR count). The van der Waals surface area contributed by atoms with Crippen LogP contribution in [0.1, 0.15) is 32.1 Å². The van der Waals surface area contributed by atoms with E-state index in [1.165, 1.54) is 38.8 Å². The number of halogens is 1. The van der Waals surface area contributed by atoms with Crippen LogP contribution in [0, 0.1) is 0 Å². The molecule has 0 fully saturated rings. The van der Waals surface area contributed by atoms with E-state index in [0.717, 1.165) is 18.9 Å². The Balaban J connectivity index is 3.07. The Bertz CT molecular complexity index is 99.5. The second-order valence-corrected chi connectivity index (χ2v) is 4.13. The summed E-state index contributed by atoms with van der Waals surface area (Å²) in [6.07, 6.45) is 6.08. The lowest BCUT2D eigenvalue weighted by Gasteiger charge is -2.15. The molecule has 0 saturated carbocycles. The van der Waals surface area contributed by atoms with Crippen molar-refractivity contribution in [3.8, 4) is 0 Å². The van der Waals surface area contributed by atoms with Crippen LogP contribution < -0.4 is 0 Å². The van der Waals surface area contributed by atoms with Gasteiger partial charge in [-0.2, -0.15) is 0 Å². The first-order chi connectivity index (χ1) is 6.81. The average molecular weight is 222 g/mol. The molecule has 0 bridgehead atoms. The van der Waals surface area contributed by atoms with E-state index >= 15 is 0 Å². The highest BCUT2D eigenvalue weighted by Gasteiger charge is 1.97. The third-order valence-electron chi connectivity index (χ3n) is 2.31. The summed E-state index contributed by atoms with van der Waals surface area (Å²) in [4.78, 5) is 2.39. The zero-order valence-corrected chi connectivity index (χ0v) is 10.4. The largest absolute Gasteiger partial charge is 0.385 e. The van der Waals surface area contributed by atoms with Gasteiger partial charge in [-0.3, -0.25) is 0 Å². The van der Waals surface area contributed by atoms with Crippen molar-refractivity contribution in [1.29, 1.82) is 0 Å². The van der Waals surface area contributed by atoms with Gasteiger partial charge in [-0.15, -0.1) is 11.6 Å². The van der Waals surface area contributed by atoms with Gasteiger partial charge in [0.1, 0.15) is 0 Å². The first-order valence-electron chi connectivity index (χ1n) is 5.54. The fraction of sp³-hybridized carbons (Fsp3) is 1.00. The minimum atomic E-state index is 0.803. The molecule has 0 heterocycles. The zero-order valence-electron chi connectivity index (χ0n) is 9.60. The number of hydrogen-bond acceptors (Lipinski definition) is 2. The molecule has 3 heteroatoms. The number of hydrogen-bond donors (Lipinski definition) is 0. The monoisotopic (exact) mass is 221 g/mol. The molecule has 2 nitrogen and oxygen atoms in total.